The average molecular weight is 425 g/mol. The molecule has 0 radical (unpaired) electrons. The lowest BCUT2D eigenvalue weighted by molar-refractivity contribution is 0.485. The van der Waals surface area contributed by atoms with Crippen LogP contribution in [0.4, 0.5) is 0 Å². The van der Waals surface area contributed by atoms with Gasteiger partial charge in [-0.3, -0.25) is 0 Å². The number of thioether (sulfide) groups is 1. The number of imidazole rings is 1. The zero-order valence-corrected chi connectivity index (χ0v) is 16.4. The van der Waals surface area contributed by atoms with Crippen molar-refractivity contribution in [2.45, 2.75) is 17.5 Å². The van der Waals surface area contributed by atoms with Gasteiger partial charge < -0.3 is 8.98 Å². The second-order valence-electron chi connectivity index (χ2n) is 5.87. The molecule has 2 heterocycles. The first-order valence-electron chi connectivity index (χ1n) is 8.30. The summed E-state index contributed by atoms with van der Waals surface area (Å²) in [4.78, 5) is 4.68. The molecule has 0 saturated heterocycles. The normalized spacial score (nSPS) is 11.0. The molecule has 0 spiro atoms. The van der Waals surface area contributed by atoms with Gasteiger partial charge in [0.2, 0.25) is 0 Å². The van der Waals surface area contributed by atoms with Crippen molar-refractivity contribution in [3.63, 3.8) is 0 Å². The van der Waals surface area contributed by atoms with E-state index in [2.05, 4.69) is 74.0 Å². The molecule has 0 bridgehead atoms. The van der Waals surface area contributed by atoms with Crippen molar-refractivity contribution >= 4 is 27.7 Å². The van der Waals surface area contributed by atoms with Crippen molar-refractivity contribution in [3.05, 3.63) is 95.0 Å². The zero-order valence-electron chi connectivity index (χ0n) is 14.0. The molecule has 2 aromatic heterocycles. The molecule has 2 aromatic carbocycles. The summed E-state index contributed by atoms with van der Waals surface area (Å²) in [6.07, 6.45) is 3.65. The topological polar surface area (TPSA) is 31.0 Å². The van der Waals surface area contributed by atoms with Gasteiger partial charge in [0, 0.05) is 10.2 Å². The summed E-state index contributed by atoms with van der Waals surface area (Å²) in [5, 5.41) is 0.989. The third kappa shape index (κ3) is 3.94. The number of furan rings is 1. The highest BCUT2D eigenvalue weighted by Gasteiger charge is 2.14. The van der Waals surface area contributed by atoms with Gasteiger partial charge in [-0.15, -0.1) is 0 Å². The number of aromatic nitrogens is 2. The molecule has 0 amide bonds. The van der Waals surface area contributed by atoms with E-state index in [9.17, 15) is 0 Å². The highest BCUT2D eigenvalue weighted by molar-refractivity contribution is 9.10. The molecule has 0 N–H and O–H groups in total. The first kappa shape index (κ1) is 17.2. The van der Waals surface area contributed by atoms with Crippen LogP contribution in [0.3, 0.4) is 0 Å². The maximum absolute atomic E-state index is 5.57. The molecule has 0 atom stereocenters. The van der Waals surface area contributed by atoms with Gasteiger partial charge in [0.15, 0.2) is 5.16 Å². The Balaban J connectivity index is 1.65. The summed E-state index contributed by atoms with van der Waals surface area (Å²) < 4.78 is 8.85. The number of halogens is 1. The standard InChI is InChI=1S/C21H17BrN2OS/c22-18-10-8-17(9-11-18)20-13-23-21(24(20)14-19-7-4-12-25-19)26-15-16-5-2-1-3-6-16/h1-13H,14-15H2. The molecule has 5 heteroatoms. The van der Waals surface area contributed by atoms with Crippen molar-refractivity contribution < 1.29 is 4.42 Å². The lowest BCUT2D eigenvalue weighted by atomic mass is 10.2. The molecule has 4 aromatic rings. The van der Waals surface area contributed by atoms with Crippen LogP contribution < -0.4 is 0 Å². The van der Waals surface area contributed by atoms with E-state index in [0.29, 0.717) is 6.54 Å². The minimum Gasteiger partial charge on any atom is -0.467 e. The molecule has 0 aliphatic rings. The van der Waals surface area contributed by atoms with Gasteiger partial charge in [0.25, 0.3) is 0 Å². The van der Waals surface area contributed by atoms with Crippen LogP contribution in [0.5, 0.6) is 0 Å². The Morgan fingerprint density at radius 2 is 1.77 bits per heavy atom. The fourth-order valence-corrected chi connectivity index (χ4v) is 3.96. The second-order valence-corrected chi connectivity index (χ2v) is 7.73. The van der Waals surface area contributed by atoms with Crippen molar-refractivity contribution in [3.8, 4) is 11.3 Å². The Labute approximate surface area is 165 Å². The van der Waals surface area contributed by atoms with Crippen molar-refractivity contribution in [1.82, 2.24) is 9.55 Å². The lowest BCUT2D eigenvalue weighted by Gasteiger charge is -2.11. The van der Waals surface area contributed by atoms with E-state index < -0.39 is 0 Å². The minimum absolute atomic E-state index is 0.662. The molecule has 0 saturated carbocycles. The molecular formula is C21H17BrN2OS. The van der Waals surface area contributed by atoms with Crippen LogP contribution in [0, 0.1) is 0 Å². The van der Waals surface area contributed by atoms with Crippen LogP contribution in [-0.2, 0) is 12.3 Å². The molecule has 130 valence electrons. The van der Waals surface area contributed by atoms with Crippen LogP contribution in [0.25, 0.3) is 11.3 Å². The molecular weight excluding hydrogens is 408 g/mol. The van der Waals surface area contributed by atoms with Crippen molar-refractivity contribution in [2.75, 3.05) is 0 Å². The molecule has 0 aliphatic heterocycles. The zero-order chi connectivity index (χ0) is 17.8. The quantitative estimate of drug-likeness (QED) is 0.343. The first-order chi connectivity index (χ1) is 12.8. The van der Waals surface area contributed by atoms with Gasteiger partial charge in [-0.2, -0.15) is 0 Å². The largest absolute Gasteiger partial charge is 0.467 e. The third-order valence-corrected chi connectivity index (χ3v) is 5.65. The molecule has 0 fully saturated rings. The Kier molecular flexibility index (Phi) is 5.27. The number of hydrogen-bond donors (Lipinski definition) is 0. The lowest BCUT2D eigenvalue weighted by Crippen LogP contribution is -2.03. The average Bonchev–Trinajstić information content (AvgIpc) is 3.32. The monoisotopic (exact) mass is 424 g/mol. The second kappa shape index (κ2) is 7.98. The smallest absolute Gasteiger partial charge is 0.169 e. The van der Waals surface area contributed by atoms with E-state index in [0.717, 1.165) is 32.4 Å². The number of nitrogens with zero attached hydrogens (tertiary/aromatic N) is 2. The highest BCUT2D eigenvalue weighted by atomic mass is 79.9. The SMILES string of the molecule is Brc1ccc(-c2cnc(SCc3ccccc3)n2Cc2ccco2)cc1. The number of benzene rings is 2. The van der Waals surface area contributed by atoms with E-state index >= 15 is 0 Å². The van der Waals surface area contributed by atoms with Gasteiger partial charge in [-0.25, -0.2) is 4.98 Å². The Hall–Kier alpha value is -2.24. The summed E-state index contributed by atoms with van der Waals surface area (Å²) in [7, 11) is 0. The van der Waals surface area contributed by atoms with Gasteiger partial charge in [-0.05, 0) is 35.4 Å². The maximum Gasteiger partial charge on any atom is 0.169 e. The predicted molar refractivity (Wildman–Crippen MR) is 109 cm³/mol. The Morgan fingerprint density at radius 1 is 0.962 bits per heavy atom. The molecule has 3 nitrogen and oxygen atoms in total. The summed E-state index contributed by atoms with van der Waals surface area (Å²) in [5.41, 5.74) is 3.51. The van der Waals surface area contributed by atoms with Crippen LogP contribution >= 0.6 is 27.7 Å². The molecule has 0 aliphatic carbocycles. The van der Waals surface area contributed by atoms with Crippen LogP contribution in [-0.4, -0.2) is 9.55 Å². The van der Waals surface area contributed by atoms with Crippen LogP contribution in [0.1, 0.15) is 11.3 Å². The Morgan fingerprint density at radius 3 is 2.50 bits per heavy atom. The first-order valence-corrected chi connectivity index (χ1v) is 10.1. The molecule has 26 heavy (non-hydrogen) atoms. The number of rotatable bonds is 6. The van der Waals surface area contributed by atoms with Gasteiger partial charge in [0.05, 0.1) is 24.7 Å². The van der Waals surface area contributed by atoms with E-state index in [4.69, 9.17) is 4.42 Å². The summed E-state index contributed by atoms with van der Waals surface area (Å²) in [5.74, 6) is 1.80. The number of hydrogen-bond acceptors (Lipinski definition) is 3. The van der Waals surface area contributed by atoms with Crippen LogP contribution in [0.2, 0.25) is 0 Å². The van der Waals surface area contributed by atoms with Gasteiger partial charge in [-0.1, -0.05) is 70.2 Å². The van der Waals surface area contributed by atoms with E-state index in [1.807, 2.05) is 24.4 Å². The van der Waals surface area contributed by atoms with E-state index in [-0.39, 0.29) is 0 Å². The Bertz CT molecular complexity index is 963. The fourth-order valence-electron chi connectivity index (χ4n) is 2.76. The minimum atomic E-state index is 0.662. The predicted octanol–water partition coefficient (Wildman–Crippen LogP) is 6.25. The molecule has 0 unspecified atom stereocenters. The van der Waals surface area contributed by atoms with E-state index in [1.165, 1.54) is 5.56 Å². The fraction of sp³-hybridized carbons (Fsp3) is 0.0952. The third-order valence-electron chi connectivity index (χ3n) is 4.06. The molecule has 4 rings (SSSR count). The summed E-state index contributed by atoms with van der Waals surface area (Å²) in [6.45, 7) is 0.662. The summed E-state index contributed by atoms with van der Waals surface area (Å²) >= 11 is 5.24. The summed E-state index contributed by atoms with van der Waals surface area (Å²) in [6, 6.07) is 22.7. The van der Waals surface area contributed by atoms with Gasteiger partial charge in [0.1, 0.15) is 5.76 Å². The highest BCUT2D eigenvalue weighted by Crippen LogP contribution is 2.29. The van der Waals surface area contributed by atoms with Gasteiger partial charge >= 0.3 is 0 Å². The van der Waals surface area contributed by atoms with E-state index in [1.54, 1.807) is 18.0 Å². The van der Waals surface area contributed by atoms with Crippen molar-refractivity contribution in [1.29, 1.82) is 0 Å². The van der Waals surface area contributed by atoms with Crippen LogP contribution in [0.15, 0.2) is 93.2 Å². The maximum atomic E-state index is 5.57. The van der Waals surface area contributed by atoms with Crippen molar-refractivity contribution in [2.24, 2.45) is 0 Å².